The molecular weight excluding hydrogens is 172 g/mol. The monoisotopic (exact) mass is 198 g/mol. The molecule has 0 aliphatic heterocycles. The molecule has 2 nitrogen and oxygen atoms in total. The summed E-state index contributed by atoms with van der Waals surface area (Å²) in [4.78, 5) is 4.82. The van der Waals surface area contributed by atoms with Crippen molar-refractivity contribution in [2.75, 3.05) is 27.2 Å². The number of hydrogen-bond donors (Lipinski definition) is 0. The fourth-order valence-corrected chi connectivity index (χ4v) is 1.64. The summed E-state index contributed by atoms with van der Waals surface area (Å²) in [6, 6.07) is 0. The highest BCUT2D eigenvalue weighted by Crippen LogP contribution is 2.10. The standard InChI is InChI=1S/C12H26N2/c1-6-9-10-11-12(13(4)7-2)14(5)8-3/h6,12H,1,7-11H2,2-5H3. The van der Waals surface area contributed by atoms with Gasteiger partial charge >= 0.3 is 0 Å². The molecule has 14 heavy (non-hydrogen) atoms. The van der Waals surface area contributed by atoms with Gasteiger partial charge in [-0.3, -0.25) is 9.80 Å². The second-order valence-electron chi connectivity index (χ2n) is 3.85. The molecule has 0 aliphatic carbocycles. The lowest BCUT2D eigenvalue weighted by molar-refractivity contribution is 0.0824. The molecule has 0 N–H and O–H groups in total. The summed E-state index contributed by atoms with van der Waals surface area (Å²) in [5.41, 5.74) is 0. The highest BCUT2D eigenvalue weighted by molar-refractivity contribution is 4.71. The van der Waals surface area contributed by atoms with Gasteiger partial charge in [0.1, 0.15) is 0 Å². The Morgan fingerprint density at radius 1 is 1.14 bits per heavy atom. The number of hydrogen-bond acceptors (Lipinski definition) is 2. The first-order chi connectivity index (χ1) is 6.67. The normalized spacial score (nSPS) is 11.6. The highest BCUT2D eigenvalue weighted by atomic mass is 15.3. The Labute approximate surface area is 89.6 Å². The van der Waals surface area contributed by atoms with E-state index >= 15 is 0 Å². The quantitative estimate of drug-likeness (QED) is 0.336. The molecule has 0 aromatic carbocycles. The van der Waals surface area contributed by atoms with Crippen LogP contribution in [0.25, 0.3) is 0 Å². The van der Waals surface area contributed by atoms with Crippen molar-refractivity contribution in [3.63, 3.8) is 0 Å². The second-order valence-corrected chi connectivity index (χ2v) is 3.85. The van der Waals surface area contributed by atoms with Crippen molar-refractivity contribution < 1.29 is 0 Å². The van der Waals surface area contributed by atoms with Gasteiger partial charge in [-0.15, -0.1) is 6.58 Å². The Bertz CT molecular complexity index is 135. The summed E-state index contributed by atoms with van der Waals surface area (Å²) in [7, 11) is 4.40. The van der Waals surface area contributed by atoms with Gasteiger partial charge < -0.3 is 0 Å². The third-order valence-corrected chi connectivity index (χ3v) is 2.89. The van der Waals surface area contributed by atoms with Gasteiger partial charge in [0, 0.05) is 0 Å². The van der Waals surface area contributed by atoms with Crippen molar-refractivity contribution in [3.05, 3.63) is 12.7 Å². The molecule has 84 valence electrons. The minimum atomic E-state index is 0.588. The molecular formula is C12H26N2. The number of allylic oxidation sites excluding steroid dienone is 1. The molecule has 0 unspecified atom stereocenters. The predicted octanol–water partition coefficient (Wildman–Crippen LogP) is 2.57. The van der Waals surface area contributed by atoms with Gasteiger partial charge in [-0.05, 0) is 46.4 Å². The molecule has 0 amide bonds. The fraction of sp³-hybridized carbons (Fsp3) is 0.833. The number of nitrogens with zero attached hydrogens (tertiary/aromatic N) is 2. The van der Waals surface area contributed by atoms with Crippen molar-refractivity contribution in [3.8, 4) is 0 Å². The number of unbranched alkanes of at least 4 members (excludes halogenated alkanes) is 1. The molecule has 0 spiro atoms. The third kappa shape index (κ3) is 4.77. The van der Waals surface area contributed by atoms with E-state index < -0.39 is 0 Å². The average Bonchev–Trinajstić information content (AvgIpc) is 2.22. The van der Waals surface area contributed by atoms with Crippen LogP contribution in [0.4, 0.5) is 0 Å². The van der Waals surface area contributed by atoms with Crippen molar-refractivity contribution in [1.29, 1.82) is 0 Å². The first-order valence-corrected chi connectivity index (χ1v) is 5.68. The fourth-order valence-electron chi connectivity index (χ4n) is 1.64. The van der Waals surface area contributed by atoms with Crippen LogP contribution in [0.15, 0.2) is 12.7 Å². The van der Waals surface area contributed by atoms with E-state index in [1.807, 2.05) is 6.08 Å². The van der Waals surface area contributed by atoms with Crippen molar-refractivity contribution in [1.82, 2.24) is 9.80 Å². The van der Waals surface area contributed by atoms with E-state index in [1.54, 1.807) is 0 Å². The molecule has 0 aromatic heterocycles. The van der Waals surface area contributed by atoms with Crippen LogP contribution < -0.4 is 0 Å². The molecule has 0 saturated carbocycles. The lowest BCUT2D eigenvalue weighted by atomic mass is 10.1. The molecule has 0 saturated heterocycles. The summed E-state index contributed by atoms with van der Waals surface area (Å²) in [6.07, 6.45) is 6.20. The highest BCUT2D eigenvalue weighted by Gasteiger charge is 2.16. The Balaban J connectivity index is 4.02. The minimum absolute atomic E-state index is 0.588. The van der Waals surface area contributed by atoms with Gasteiger partial charge in [0.2, 0.25) is 0 Å². The van der Waals surface area contributed by atoms with E-state index in [-0.39, 0.29) is 0 Å². The molecule has 0 radical (unpaired) electrons. The Hall–Kier alpha value is -0.340. The van der Waals surface area contributed by atoms with E-state index in [2.05, 4.69) is 44.3 Å². The molecule has 0 fully saturated rings. The van der Waals surface area contributed by atoms with Crippen LogP contribution in [0.5, 0.6) is 0 Å². The van der Waals surface area contributed by atoms with Crippen LogP contribution in [0, 0.1) is 0 Å². The molecule has 0 aliphatic rings. The van der Waals surface area contributed by atoms with Gasteiger partial charge in [0.15, 0.2) is 0 Å². The van der Waals surface area contributed by atoms with E-state index in [9.17, 15) is 0 Å². The first-order valence-electron chi connectivity index (χ1n) is 5.68. The van der Waals surface area contributed by atoms with Crippen LogP contribution in [0.1, 0.15) is 33.1 Å². The van der Waals surface area contributed by atoms with Gasteiger partial charge in [0.05, 0.1) is 6.17 Å². The predicted molar refractivity (Wildman–Crippen MR) is 64.4 cm³/mol. The van der Waals surface area contributed by atoms with Crippen LogP contribution >= 0.6 is 0 Å². The molecule has 0 bridgehead atoms. The molecule has 2 heteroatoms. The lowest BCUT2D eigenvalue weighted by Gasteiger charge is -2.34. The zero-order valence-corrected chi connectivity index (χ0v) is 10.3. The van der Waals surface area contributed by atoms with Crippen LogP contribution in [-0.4, -0.2) is 43.2 Å². The van der Waals surface area contributed by atoms with Crippen LogP contribution in [-0.2, 0) is 0 Å². The number of rotatable bonds is 8. The van der Waals surface area contributed by atoms with Crippen molar-refractivity contribution in [2.45, 2.75) is 39.3 Å². The summed E-state index contributed by atoms with van der Waals surface area (Å²) in [6.45, 7) is 10.4. The zero-order chi connectivity index (χ0) is 11.0. The summed E-state index contributed by atoms with van der Waals surface area (Å²) in [5.74, 6) is 0. The van der Waals surface area contributed by atoms with Gasteiger partial charge in [-0.2, -0.15) is 0 Å². The third-order valence-electron chi connectivity index (χ3n) is 2.89. The summed E-state index contributed by atoms with van der Waals surface area (Å²) in [5, 5.41) is 0. The maximum Gasteiger partial charge on any atom is 0.0617 e. The van der Waals surface area contributed by atoms with E-state index in [4.69, 9.17) is 0 Å². The Kier molecular flexibility index (Phi) is 7.81. The van der Waals surface area contributed by atoms with Gasteiger partial charge in [-0.25, -0.2) is 0 Å². The van der Waals surface area contributed by atoms with E-state index in [0.717, 1.165) is 19.5 Å². The van der Waals surface area contributed by atoms with Crippen LogP contribution in [0.2, 0.25) is 0 Å². The largest absolute Gasteiger partial charge is 0.291 e. The Morgan fingerprint density at radius 3 is 2.00 bits per heavy atom. The molecule has 0 heterocycles. The molecule has 0 aromatic rings. The van der Waals surface area contributed by atoms with E-state index in [1.165, 1.54) is 12.8 Å². The maximum absolute atomic E-state index is 3.76. The average molecular weight is 198 g/mol. The first kappa shape index (κ1) is 13.7. The minimum Gasteiger partial charge on any atom is -0.291 e. The topological polar surface area (TPSA) is 6.48 Å². The van der Waals surface area contributed by atoms with E-state index in [0.29, 0.717) is 6.17 Å². The lowest BCUT2D eigenvalue weighted by Crippen LogP contribution is -2.44. The summed E-state index contributed by atoms with van der Waals surface area (Å²) >= 11 is 0. The van der Waals surface area contributed by atoms with Crippen molar-refractivity contribution in [2.24, 2.45) is 0 Å². The van der Waals surface area contributed by atoms with Crippen molar-refractivity contribution >= 4 is 0 Å². The smallest absolute Gasteiger partial charge is 0.0617 e. The SMILES string of the molecule is C=CCCCC(N(C)CC)N(C)CC. The summed E-state index contributed by atoms with van der Waals surface area (Å²) < 4.78 is 0. The second kappa shape index (κ2) is 8.01. The zero-order valence-electron chi connectivity index (χ0n) is 10.3. The van der Waals surface area contributed by atoms with Crippen LogP contribution in [0.3, 0.4) is 0 Å². The molecule has 0 rings (SSSR count). The Morgan fingerprint density at radius 2 is 1.64 bits per heavy atom. The maximum atomic E-state index is 3.76. The van der Waals surface area contributed by atoms with Gasteiger partial charge in [0.25, 0.3) is 0 Å². The molecule has 0 atom stereocenters. The van der Waals surface area contributed by atoms with Gasteiger partial charge in [-0.1, -0.05) is 19.9 Å².